The molecule has 2 aliphatic carbocycles. The molecule has 2 saturated carbocycles. The number of nitrogens with zero attached hydrogens (tertiary/aromatic N) is 3. The molecule has 3 aliphatic heterocycles. The van der Waals surface area contributed by atoms with Gasteiger partial charge < -0.3 is 29.5 Å². The van der Waals surface area contributed by atoms with Crippen molar-refractivity contribution in [3.05, 3.63) is 36.5 Å². The van der Waals surface area contributed by atoms with Crippen molar-refractivity contribution in [1.29, 1.82) is 0 Å². The van der Waals surface area contributed by atoms with E-state index in [1.54, 1.807) is 45.0 Å². The van der Waals surface area contributed by atoms with Crippen LogP contribution in [0.3, 0.4) is 0 Å². The summed E-state index contributed by atoms with van der Waals surface area (Å²) in [5.74, 6) is -8.60. The number of halogens is 2. The summed E-state index contributed by atoms with van der Waals surface area (Å²) >= 11 is 0. The predicted molar refractivity (Wildman–Crippen MR) is 211 cm³/mol. The molecule has 0 radical (unpaired) electrons. The van der Waals surface area contributed by atoms with Crippen LogP contribution >= 0.6 is 0 Å². The van der Waals surface area contributed by atoms with Crippen LogP contribution in [0.15, 0.2) is 36.5 Å². The Kier molecular flexibility index (Phi) is 10.8. The zero-order valence-electron chi connectivity index (χ0n) is 34.1. The number of fused-ring (bicyclic) bond motifs is 5. The number of allylic oxidation sites excluding steroid dienone is 1. The third kappa shape index (κ3) is 7.32. The fraction of sp³-hybridized carbons (Fsp3) is 0.634. The molecule has 0 bridgehead atoms. The number of ether oxygens (including phenoxy) is 3. The number of carbonyl (C=O) groups is 4. The Morgan fingerprint density at radius 2 is 1.85 bits per heavy atom. The van der Waals surface area contributed by atoms with Crippen molar-refractivity contribution in [2.45, 2.75) is 126 Å². The van der Waals surface area contributed by atoms with E-state index in [-0.39, 0.29) is 30.2 Å². The number of alkyl halides is 2. The maximum absolute atomic E-state index is 17.6. The molecule has 7 atom stereocenters. The zero-order chi connectivity index (χ0) is 42.9. The Morgan fingerprint density at radius 1 is 1.14 bits per heavy atom. The molecule has 7 rings (SSSR count). The molecule has 0 unspecified atom stereocenters. The number of amides is 4. The second-order valence-electron chi connectivity index (χ2n) is 17.5. The highest BCUT2D eigenvalue weighted by Crippen LogP contribution is 2.51. The number of pyridine rings is 1. The molecule has 4 heterocycles. The van der Waals surface area contributed by atoms with Gasteiger partial charge in [-0.1, -0.05) is 32.4 Å². The number of hydrogen-bond donors (Lipinski definition) is 3. The molecule has 2 aromatic rings. The van der Waals surface area contributed by atoms with Crippen LogP contribution < -0.4 is 24.2 Å². The number of hydrogen-bond acceptors (Lipinski definition) is 10. The van der Waals surface area contributed by atoms with Crippen LogP contribution in [-0.4, -0.2) is 112 Å². The van der Waals surface area contributed by atoms with Gasteiger partial charge in [-0.3, -0.25) is 24.0 Å². The van der Waals surface area contributed by atoms with Gasteiger partial charge in [0.25, 0.3) is 5.91 Å². The minimum Gasteiger partial charge on any atom is -0.486 e. The van der Waals surface area contributed by atoms with Crippen LogP contribution in [0.4, 0.5) is 13.6 Å². The normalized spacial score (nSPS) is 31.8. The van der Waals surface area contributed by atoms with Crippen molar-refractivity contribution in [3.63, 3.8) is 0 Å². The topological polar surface area (TPSA) is 194 Å². The first-order valence-electron chi connectivity index (χ1n) is 20.3. The third-order valence-electron chi connectivity index (χ3n) is 12.9. The van der Waals surface area contributed by atoms with Crippen molar-refractivity contribution in [2.24, 2.45) is 17.8 Å². The quantitative estimate of drug-likeness (QED) is 0.302. The van der Waals surface area contributed by atoms with E-state index in [4.69, 9.17) is 14.2 Å². The van der Waals surface area contributed by atoms with Crippen LogP contribution in [0.25, 0.3) is 10.8 Å². The first-order chi connectivity index (χ1) is 27.7. The highest BCUT2D eigenvalue weighted by Gasteiger charge is 2.72. The lowest BCUT2D eigenvalue weighted by Gasteiger charge is -2.40. The van der Waals surface area contributed by atoms with Gasteiger partial charge >= 0.3 is 12.0 Å². The molecule has 1 aromatic carbocycles. The highest BCUT2D eigenvalue weighted by molar-refractivity contribution is 7.91. The predicted octanol–water partition coefficient (Wildman–Crippen LogP) is 5.02. The van der Waals surface area contributed by atoms with Gasteiger partial charge in [0.2, 0.25) is 27.7 Å². The minimum atomic E-state index is -4.21. The van der Waals surface area contributed by atoms with E-state index in [0.29, 0.717) is 66.9 Å². The molecule has 3 N–H and O–H groups in total. The molecule has 18 heteroatoms. The van der Waals surface area contributed by atoms with Crippen molar-refractivity contribution in [3.8, 4) is 17.4 Å². The van der Waals surface area contributed by atoms with Gasteiger partial charge in [0.1, 0.15) is 24.8 Å². The van der Waals surface area contributed by atoms with Crippen molar-refractivity contribution in [2.75, 3.05) is 19.8 Å². The Bertz CT molecular complexity index is 2180. The number of sulfonamides is 1. The molecule has 0 spiro atoms. The smallest absolute Gasteiger partial charge is 0.408 e. The van der Waals surface area contributed by atoms with Gasteiger partial charge in [-0.25, -0.2) is 18.2 Å². The molecule has 3 fully saturated rings. The largest absolute Gasteiger partial charge is 0.486 e. The van der Waals surface area contributed by atoms with Gasteiger partial charge in [-0.15, -0.1) is 0 Å². The molecular weight excluding hydrogens is 793 g/mol. The van der Waals surface area contributed by atoms with E-state index in [1.165, 1.54) is 13.1 Å². The Labute approximate surface area is 342 Å². The lowest BCUT2D eigenvalue weighted by molar-refractivity contribution is -0.163. The fourth-order valence-electron chi connectivity index (χ4n) is 8.88. The summed E-state index contributed by atoms with van der Waals surface area (Å²) in [5, 5.41) is 13.8. The van der Waals surface area contributed by atoms with E-state index in [9.17, 15) is 27.9 Å². The minimum absolute atomic E-state index is 0.0498. The van der Waals surface area contributed by atoms with Crippen LogP contribution in [-0.2, 0) is 24.4 Å². The van der Waals surface area contributed by atoms with Crippen LogP contribution in [0.5, 0.6) is 17.4 Å². The number of carbonyl (C=O) groups excluding carboxylic acids is 3. The van der Waals surface area contributed by atoms with E-state index in [0.717, 1.165) is 11.8 Å². The van der Waals surface area contributed by atoms with Gasteiger partial charge in [0.05, 0.1) is 11.3 Å². The standard InChI is InChI=1S/C41H53F2N5O10S/c1-7-25-20-24(4)10-8-9-11-26-21-40(26,36(51)46-59(54,55)38(5)15-16-38)45-33(49)32-41(42,43)39(6,22-47(32)35(50)30(25)48(23(2)3)37(52)53)58-34-28-12-13-29-31(57-19-18-56-29)27(28)14-17-44-34/h9,11-14,17,23-26,30,32H,7-8,10,15-16,18-22H2,1-6H3,(H,45,49)(H,46,51)(H,52,53)/b11-9-/t24-,25+,26+,30-,32-,39+,40+/m0/s1. The summed E-state index contributed by atoms with van der Waals surface area (Å²) in [7, 11) is -4.20. The van der Waals surface area contributed by atoms with Crippen LogP contribution in [0.1, 0.15) is 86.5 Å². The van der Waals surface area contributed by atoms with Crippen molar-refractivity contribution in [1.82, 2.24) is 24.8 Å². The molecule has 1 saturated heterocycles. The van der Waals surface area contributed by atoms with Crippen LogP contribution in [0.2, 0.25) is 0 Å². The first-order valence-corrected chi connectivity index (χ1v) is 21.8. The lowest BCUT2D eigenvalue weighted by atomic mass is 9.83. The molecule has 322 valence electrons. The molecule has 5 aliphatic rings. The number of benzene rings is 1. The summed E-state index contributed by atoms with van der Waals surface area (Å²) in [6.45, 7) is 9.14. The number of carboxylic acid groups (broad SMARTS) is 1. The van der Waals surface area contributed by atoms with Gasteiger partial charge in [0.15, 0.2) is 23.1 Å². The second-order valence-corrected chi connectivity index (χ2v) is 19.7. The third-order valence-corrected chi connectivity index (χ3v) is 15.1. The summed E-state index contributed by atoms with van der Waals surface area (Å²) in [5.41, 5.74) is -4.59. The van der Waals surface area contributed by atoms with E-state index in [2.05, 4.69) is 15.0 Å². The van der Waals surface area contributed by atoms with Crippen molar-refractivity contribution < 1.29 is 55.7 Å². The average molecular weight is 846 g/mol. The van der Waals surface area contributed by atoms with Gasteiger partial charge in [0, 0.05) is 28.9 Å². The van der Waals surface area contributed by atoms with E-state index in [1.807, 2.05) is 13.0 Å². The Balaban J connectivity index is 1.34. The summed E-state index contributed by atoms with van der Waals surface area (Å²) in [6.07, 6.45) is 5.78. The van der Waals surface area contributed by atoms with E-state index >= 15 is 13.6 Å². The van der Waals surface area contributed by atoms with Crippen molar-refractivity contribution >= 4 is 44.6 Å². The van der Waals surface area contributed by atoms with Gasteiger partial charge in [-0.05, 0) is 96.3 Å². The highest BCUT2D eigenvalue weighted by atomic mass is 32.2. The van der Waals surface area contributed by atoms with Crippen LogP contribution in [0, 0.1) is 17.8 Å². The maximum atomic E-state index is 17.6. The summed E-state index contributed by atoms with van der Waals surface area (Å²) in [6, 6.07) is -0.0851. The number of rotatable bonds is 8. The Hall–Kier alpha value is -4.74. The second kappa shape index (κ2) is 15.1. The van der Waals surface area contributed by atoms with Gasteiger partial charge in [-0.2, -0.15) is 8.78 Å². The molecule has 15 nitrogen and oxygen atoms in total. The molecule has 4 amide bonds. The van der Waals surface area contributed by atoms with E-state index < -0.39 is 92.2 Å². The number of nitrogens with one attached hydrogen (secondary N) is 2. The Morgan fingerprint density at radius 3 is 2.51 bits per heavy atom. The first kappa shape index (κ1) is 42.4. The molecular formula is C41H53F2N5O10S. The lowest BCUT2D eigenvalue weighted by Crippen LogP contribution is -2.63. The average Bonchev–Trinajstić information content (AvgIpc) is 4.08. The monoisotopic (exact) mass is 845 g/mol. The summed E-state index contributed by atoms with van der Waals surface area (Å²) < 4.78 is 80.4. The zero-order valence-corrected chi connectivity index (χ0v) is 34.9. The fourth-order valence-corrected chi connectivity index (χ4v) is 10.2. The molecule has 1 aromatic heterocycles. The number of aromatic nitrogens is 1. The summed E-state index contributed by atoms with van der Waals surface area (Å²) in [4.78, 5) is 62.8. The maximum Gasteiger partial charge on any atom is 0.408 e. The SMILES string of the molecule is CC[C@@H]1C[C@@H](C)CC/C=C\[C@@H]2C[C@@]2(C(=O)NS(=O)(=O)C2(C)CC2)NC(=O)[C@@H]2N(C[C@@](C)(Oc3nccc4c5c(ccc34)OCCO5)C2(F)F)C(=O)[C@H]1N(C(=O)O)C(C)C. The molecule has 59 heavy (non-hydrogen) atoms.